The molecule has 0 unspecified atom stereocenters. The maximum atomic E-state index is 13.2. The lowest BCUT2D eigenvalue weighted by Crippen LogP contribution is -2.33. The summed E-state index contributed by atoms with van der Waals surface area (Å²) in [7, 11) is 0. The van der Waals surface area contributed by atoms with Gasteiger partial charge in [0.25, 0.3) is 5.69 Å². The lowest BCUT2D eigenvalue weighted by Gasteiger charge is -2.18. The molecule has 0 aliphatic carbocycles. The molecule has 37 heavy (non-hydrogen) atoms. The van der Waals surface area contributed by atoms with Crippen LogP contribution in [-0.2, 0) is 6.42 Å². The largest absolute Gasteiger partial charge is 0.573 e. The summed E-state index contributed by atoms with van der Waals surface area (Å²) < 4.78 is 97.0. The molecule has 0 saturated heterocycles. The number of hydrogen-bond donors (Lipinski definition) is 1. The second kappa shape index (κ2) is 11.0. The number of rotatable bonds is 10. The van der Waals surface area contributed by atoms with E-state index < -0.39 is 41.4 Å². The van der Waals surface area contributed by atoms with Crippen LogP contribution in [0.2, 0.25) is 0 Å². The van der Waals surface area contributed by atoms with Crippen LogP contribution < -0.4 is 9.47 Å². The topological polar surface area (TPSA) is 81.8 Å². The maximum absolute atomic E-state index is 13.2. The number of halogens is 7. The highest BCUT2D eigenvalue weighted by Gasteiger charge is 2.44. The number of benzene rings is 3. The fraction of sp³-hybridized carbons (Fsp3) is 0.250. The Morgan fingerprint density at radius 3 is 2.14 bits per heavy atom. The third-order valence-electron chi connectivity index (χ3n) is 5.15. The van der Waals surface area contributed by atoms with Gasteiger partial charge in [0, 0.05) is 11.6 Å². The second-order valence-corrected chi connectivity index (χ2v) is 7.73. The number of hydrogen-bond acceptors (Lipinski definition) is 5. The van der Waals surface area contributed by atoms with E-state index in [0.29, 0.717) is 0 Å². The standard InChI is InChI=1S/C24H18F7NO5/c25-22(26)23(27,28)36-16-6-2-5-15(13-16)21(33)11-10-19-18(8-3-9-20(19)32(34)35)14-4-1-7-17(12-14)37-24(29,30)31/h1-9,12-13,21-22,33H,10-11H2/t21-/m0/s1. The van der Waals surface area contributed by atoms with Gasteiger partial charge < -0.3 is 14.6 Å². The summed E-state index contributed by atoms with van der Waals surface area (Å²) in [5.74, 6) is -1.17. The van der Waals surface area contributed by atoms with Crippen LogP contribution in [0.15, 0.2) is 66.7 Å². The fourth-order valence-electron chi connectivity index (χ4n) is 3.57. The third kappa shape index (κ3) is 7.32. The molecule has 0 aliphatic heterocycles. The van der Waals surface area contributed by atoms with E-state index in [2.05, 4.69) is 9.47 Å². The van der Waals surface area contributed by atoms with E-state index >= 15 is 0 Å². The molecule has 3 rings (SSSR count). The number of aliphatic hydroxyl groups is 1. The van der Waals surface area contributed by atoms with Gasteiger partial charge in [0.2, 0.25) is 0 Å². The molecule has 0 bridgehead atoms. The first-order valence-corrected chi connectivity index (χ1v) is 10.5. The highest BCUT2D eigenvalue weighted by Crippen LogP contribution is 2.36. The molecule has 6 nitrogen and oxygen atoms in total. The first-order valence-electron chi connectivity index (χ1n) is 10.5. The molecule has 0 fully saturated rings. The van der Waals surface area contributed by atoms with Crippen molar-refractivity contribution in [3.63, 3.8) is 0 Å². The Bertz CT molecular complexity index is 1250. The smallest absolute Gasteiger partial charge is 0.428 e. The summed E-state index contributed by atoms with van der Waals surface area (Å²) in [5, 5.41) is 22.2. The molecule has 0 saturated carbocycles. The first-order chi connectivity index (χ1) is 17.3. The predicted molar refractivity (Wildman–Crippen MR) is 117 cm³/mol. The lowest BCUT2D eigenvalue weighted by atomic mass is 9.93. The Morgan fingerprint density at radius 1 is 0.892 bits per heavy atom. The van der Waals surface area contributed by atoms with E-state index in [1.165, 1.54) is 42.5 Å². The fourth-order valence-corrected chi connectivity index (χ4v) is 3.57. The van der Waals surface area contributed by atoms with Gasteiger partial charge in [0.05, 0.1) is 11.0 Å². The van der Waals surface area contributed by atoms with Gasteiger partial charge in [0.1, 0.15) is 11.5 Å². The van der Waals surface area contributed by atoms with Crippen molar-refractivity contribution in [3.8, 4) is 22.6 Å². The van der Waals surface area contributed by atoms with Crippen molar-refractivity contribution in [3.05, 3.63) is 88.0 Å². The molecule has 0 radical (unpaired) electrons. The van der Waals surface area contributed by atoms with Gasteiger partial charge in [0.15, 0.2) is 0 Å². The normalized spacial score (nSPS) is 12.9. The zero-order valence-electron chi connectivity index (χ0n) is 18.6. The van der Waals surface area contributed by atoms with Crippen LogP contribution in [-0.4, -0.2) is 28.9 Å². The molecule has 0 aliphatic rings. The van der Waals surface area contributed by atoms with Crippen molar-refractivity contribution in [1.29, 1.82) is 0 Å². The molecular weight excluding hydrogens is 515 g/mol. The van der Waals surface area contributed by atoms with Crippen molar-refractivity contribution in [2.45, 2.75) is 37.8 Å². The molecule has 0 spiro atoms. The van der Waals surface area contributed by atoms with Gasteiger partial charge in [-0.2, -0.15) is 17.6 Å². The second-order valence-electron chi connectivity index (χ2n) is 7.73. The highest BCUT2D eigenvalue weighted by molar-refractivity contribution is 5.72. The molecule has 13 heteroatoms. The van der Waals surface area contributed by atoms with E-state index in [-0.39, 0.29) is 40.8 Å². The molecule has 0 aromatic heterocycles. The number of nitro benzene ring substituents is 1. The van der Waals surface area contributed by atoms with Crippen LogP contribution in [0, 0.1) is 10.1 Å². The maximum Gasteiger partial charge on any atom is 0.573 e. The van der Waals surface area contributed by atoms with Crippen LogP contribution in [0.1, 0.15) is 23.7 Å². The van der Waals surface area contributed by atoms with Gasteiger partial charge in [-0.3, -0.25) is 10.1 Å². The van der Waals surface area contributed by atoms with Crippen LogP contribution in [0.3, 0.4) is 0 Å². The zero-order chi connectivity index (χ0) is 27.4. The van der Waals surface area contributed by atoms with Crippen molar-refractivity contribution >= 4 is 5.69 Å². The van der Waals surface area contributed by atoms with E-state index in [1.54, 1.807) is 0 Å². The minimum atomic E-state index is -4.95. The number of nitrogens with zero attached hydrogens (tertiary/aromatic N) is 1. The predicted octanol–water partition coefficient (Wildman–Crippen LogP) is 7.06. The molecule has 3 aromatic carbocycles. The summed E-state index contributed by atoms with van der Waals surface area (Å²) >= 11 is 0. The molecule has 1 N–H and O–H groups in total. The summed E-state index contributed by atoms with van der Waals surface area (Å²) in [5.41, 5.74) is 0.137. The molecule has 0 amide bonds. The summed E-state index contributed by atoms with van der Waals surface area (Å²) in [4.78, 5) is 10.9. The highest BCUT2D eigenvalue weighted by atomic mass is 19.4. The SMILES string of the molecule is O=[N+]([O-])c1cccc(-c2cccc(OC(F)(F)F)c2)c1CC[C@H](O)c1cccc(OC(F)(F)C(F)F)c1. The van der Waals surface area contributed by atoms with E-state index in [4.69, 9.17) is 0 Å². The van der Waals surface area contributed by atoms with Crippen LogP contribution in [0.5, 0.6) is 11.5 Å². The van der Waals surface area contributed by atoms with Gasteiger partial charge in [-0.25, -0.2) is 0 Å². The van der Waals surface area contributed by atoms with Crippen LogP contribution in [0.4, 0.5) is 36.4 Å². The Kier molecular flexibility index (Phi) is 8.26. The Morgan fingerprint density at radius 2 is 1.51 bits per heavy atom. The van der Waals surface area contributed by atoms with E-state index in [9.17, 15) is 46.0 Å². The Hall–Kier alpha value is -3.87. The van der Waals surface area contributed by atoms with Crippen molar-refractivity contribution < 1.29 is 50.2 Å². The third-order valence-corrected chi connectivity index (χ3v) is 5.15. The molecular formula is C24H18F7NO5. The van der Waals surface area contributed by atoms with Gasteiger partial charge in [-0.1, -0.05) is 36.4 Å². The lowest BCUT2D eigenvalue weighted by molar-refractivity contribution is -0.385. The number of aliphatic hydroxyl groups excluding tert-OH is 1. The average Bonchev–Trinajstić information content (AvgIpc) is 2.81. The monoisotopic (exact) mass is 533 g/mol. The van der Waals surface area contributed by atoms with E-state index in [1.807, 2.05) is 0 Å². The molecule has 3 aromatic rings. The van der Waals surface area contributed by atoms with Crippen molar-refractivity contribution in [1.82, 2.24) is 0 Å². The molecule has 198 valence electrons. The number of ether oxygens (including phenoxy) is 2. The summed E-state index contributed by atoms with van der Waals surface area (Å²) in [6.07, 6.45) is -15.5. The molecule has 0 heterocycles. The summed E-state index contributed by atoms with van der Waals surface area (Å²) in [6, 6.07) is 13.2. The van der Waals surface area contributed by atoms with Gasteiger partial charge in [-0.05, 0) is 53.8 Å². The number of alkyl halides is 7. The van der Waals surface area contributed by atoms with E-state index in [0.717, 1.165) is 24.3 Å². The minimum Gasteiger partial charge on any atom is -0.428 e. The van der Waals surface area contributed by atoms with Crippen molar-refractivity contribution in [2.75, 3.05) is 0 Å². The first kappa shape index (κ1) is 27.7. The number of nitro groups is 1. The van der Waals surface area contributed by atoms with Crippen LogP contribution >= 0.6 is 0 Å². The quantitative estimate of drug-likeness (QED) is 0.171. The van der Waals surface area contributed by atoms with Gasteiger partial charge >= 0.3 is 18.9 Å². The Balaban J connectivity index is 1.88. The average molecular weight is 533 g/mol. The summed E-state index contributed by atoms with van der Waals surface area (Å²) in [6.45, 7) is 0. The Labute approximate surface area is 205 Å². The van der Waals surface area contributed by atoms with Gasteiger partial charge in [-0.15, -0.1) is 13.2 Å². The van der Waals surface area contributed by atoms with Crippen molar-refractivity contribution in [2.24, 2.45) is 0 Å². The zero-order valence-corrected chi connectivity index (χ0v) is 18.6. The molecule has 1 atom stereocenters. The minimum absolute atomic E-state index is 0.0169. The van der Waals surface area contributed by atoms with Crippen LogP contribution in [0.25, 0.3) is 11.1 Å².